The van der Waals surface area contributed by atoms with Crippen molar-refractivity contribution >= 4 is 29.1 Å². The zero-order valence-electron chi connectivity index (χ0n) is 15.1. The van der Waals surface area contributed by atoms with Crippen LogP contribution in [0.3, 0.4) is 0 Å². The number of carbonyl (C=O) groups excluding carboxylic acids is 2. The van der Waals surface area contributed by atoms with Gasteiger partial charge in [0.2, 0.25) is 0 Å². The number of hydrogen-bond acceptors (Lipinski definition) is 5. The predicted molar refractivity (Wildman–Crippen MR) is 104 cm³/mol. The van der Waals surface area contributed by atoms with Gasteiger partial charge in [0.1, 0.15) is 11.6 Å². The van der Waals surface area contributed by atoms with Crippen molar-refractivity contribution < 1.29 is 18.7 Å². The molecule has 0 radical (unpaired) electrons. The van der Waals surface area contributed by atoms with Crippen molar-refractivity contribution in [1.29, 1.82) is 0 Å². The molecule has 7 heteroatoms. The molecule has 1 heterocycles. The molecule has 0 unspecified atom stereocenters. The third-order valence-electron chi connectivity index (χ3n) is 3.78. The summed E-state index contributed by atoms with van der Waals surface area (Å²) in [4.78, 5) is 28.0. The van der Waals surface area contributed by atoms with Gasteiger partial charge < -0.3 is 15.4 Å². The van der Waals surface area contributed by atoms with Gasteiger partial charge >= 0.3 is 5.97 Å². The van der Waals surface area contributed by atoms with Crippen LogP contribution in [0, 0.1) is 5.82 Å². The molecule has 2 aromatic carbocycles. The smallest absolute Gasteiger partial charge is 0.338 e. The summed E-state index contributed by atoms with van der Waals surface area (Å²) < 4.78 is 18.1. The van der Waals surface area contributed by atoms with E-state index in [0.717, 1.165) is 5.69 Å². The van der Waals surface area contributed by atoms with Crippen molar-refractivity contribution in [2.75, 3.05) is 17.2 Å². The van der Waals surface area contributed by atoms with E-state index in [9.17, 15) is 14.0 Å². The van der Waals surface area contributed by atoms with Crippen molar-refractivity contribution in [3.63, 3.8) is 0 Å². The van der Waals surface area contributed by atoms with Crippen LogP contribution < -0.4 is 10.6 Å². The Morgan fingerprint density at radius 2 is 1.75 bits per heavy atom. The van der Waals surface area contributed by atoms with Gasteiger partial charge in [-0.3, -0.25) is 4.79 Å². The molecule has 0 saturated heterocycles. The Balaban J connectivity index is 1.61. The second kappa shape index (κ2) is 8.77. The number of amides is 1. The highest BCUT2D eigenvalue weighted by Crippen LogP contribution is 2.18. The maximum atomic E-state index is 13.2. The highest BCUT2D eigenvalue weighted by atomic mass is 19.1. The number of nitrogens with one attached hydrogen (secondary N) is 2. The van der Waals surface area contributed by atoms with Gasteiger partial charge in [0.25, 0.3) is 5.91 Å². The lowest BCUT2D eigenvalue weighted by Crippen LogP contribution is -2.12. The minimum Gasteiger partial charge on any atom is -0.462 e. The van der Waals surface area contributed by atoms with Gasteiger partial charge in [-0.15, -0.1) is 0 Å². The number of rotatable bonds is 6. The maximum Gasteiger partial charge on any atom is 0.338 e. The monoisotopic (exact) mass is 379 g/mol. The second-order valence-electron chi connectivity index (χ2n) is 5.82. The molecule has 0 aliphatic carbocycles. The summed E-state index contributed by atoms with van der Waals surface area (Å²) in [6.45, 7) is 2.08. The van der Waals surface area contributed by atoms with E-state index < -0.39 is 11.7 Å². The standard InChI is InChI=1S/C21H18FN3O3/c1-2-28-21(27)14-6-8-17(9-7-14)24-19-11-10-18(13-23-19)25-20(26)15-4-3-5-16(22)12-15/h3-13H,2H2,1H3,(H,23,24)(H,25,26). The first-order chi connectivity index (χ1) is 13.5. The molecule has 3 aromatic rings. The van der Waals surface area contributed by atoms with Gasteiger partial charge in [-0.05, 0) is 61.5 Å². The molecule has 0 saturated carbocycles. The molecule has 3 rings (SSSR count). The zero-order valence-corrected chi connectivity index (χ0v) is 15.1. The summed E-state index contributed by atoms with van der Waals surface area (Å²) in [5.41, 5.74) is 1.93. The Bertz CT molecular complexity index is 973. The van der Waals surface area contributed by atoms with Gasteiger partial charge in [-0.25, -0.2) is 14.2 Å². The van der Waals surface area contributed by atoms with Crippen molar-refractivity contribution in [3.05, 3.63) is 83.8 Å². The van der Waals surface area contributed by atoms with Gasteiger partial charge in [0.15, 0.2) is 0 Å². The first-order valence-electron chi connectivity index (χ1n) is 8.62. The molecule has 0 aliphatic heterocycles. The normalized spacial score (nSPS) is 10.2. The van der Waals surface area contributed by atoms with Crippen molar-refractivity contribution in [3.8, 4) is 0 Å². The lowest BCUT2D eigenvalue weighted by atomic mass is 10.2. The predicted octanol–water partition coefficient (Wildman–Crippen LogP) is 4.39. The van der Waals surface area contributed by atoms with Crippen LogP contribution in [0.1, 0.15) is 27.6 Å². The fourth-order valence-corrected chi connectivity index (χ4v) is 2.43. The summed E-state index contributed by atoms with van der Waals surface area (Å²) in [7, 11) is 0. The molecule has 1 amide bonds. The van der Waals surface area contributed by atoms with E-state index in [4.69, 9.17) is 4.74 Å². The Labute approximate surface area is 161 Å². The number of carbonyl (C=O) groups is 2. The molecule has 0 fully saturated rings. The number of ether oxygens (including phenoxy) is 1. The van der Waals surface area contributed by atoms with Gasteiger partial charge in [-0.2, -0.15) is 0 Å². The van der Waals surface area contributed by atoms with Crippen LogP contribution in [-0.4, -0.2) is 23.5 Å². The maximum absolute atomic E-state index is 13.2. The van der Waals surface area contributed by atoms with E-state index in [-0.39, 0.29) is 11.5 Å². The first-order valence-corrected chi connectivity index (χ1v) is 8.62. The van der Waals surface area contributed by atoms with Crippen LogP contribution in [0.4, 0.5) is 21.6 Å². The van der Waals surface area contributed by atoms with E-state index in [0.29, 0.717) is 23.7 Å². The fourth-order valence-electron chi connectivity index (χ4n) is 2.43. The summed E-state index contributed by atoms with van der Waals surface area (Å²) in [6.07, 6.45) is 1.49. The van der Waals surface area contributed by atoms with Crippen molar-refractivity contribution in [2.45, 2.75) is 6.92 Å². The second-order valence-corrected chi connectivity index (χ2v) is 5.82. The van der Waals surface area contributed by atoms with Crippen molar-refractivity contribution in [1.82, 2.24) is 4.98 Å². The average Bonchev–Trinajstić information content (AvgIpc) is 2.70. The van der Waals surface area contributed by atoms with Crippen LogP contribution in [0.5, 0.6) is 0 Å². The lowest BCUT2D eigenvalue weighted by Gasteiger charge is -2.09. The largest absolute Gasteiger partial charge is 0.462 e. The molecule has 1 aromatic heterocycles. The molecule has 6 nitrogen and oxygen atoms in total. The molecule has 0 spiro atoms. The van der Waals surface area contributed by atoms with E-state index >= 15 is 0 Å². The molecule has 142 valence electrons. The Morgan fingerprint density at radius 3 is 2.39 bits per heavy atom. The SMILES string of the molecule is CCOC(=O)c1ccc(Nc2ccc(NC(=O)c3cccc(F)c3)cn2)cc1. The number of aromatic nitrogens is 1. The topological polar surface area (TPSA) is 80.3 Å². The molecule has 28 heavy (non-hydrogen) atoms. The van der Waals surface area contributed by atoms with Gasteiger partial charge in [0.05, 0.1) is 24.1 Å². The molecule has 2 N–H and O–H groups in total. The van der Waals surface area contributed by atoms with Gasteiger partial charge in [0, 0.05) is 11.3 Å². The van der Waals surface area contributed by atoms with E-state index in [1.54, 1.807) is 43.3 Å². The minimum absolute atomic E-state index is 0.226. The zero-order chi connectivity index (χ0) is 19.9. The first kappa shape index (κ1) is 19.0. The number of pyridine rings is 1. The summed E-state index contributed by atoms with van der Waals surface area (Å²) in [5.74, 6) is -0.700. The summed E-state index contributed by atoms with van der Waals surface area (Å²) in [6, 6.07) is 15.6. The molecule has 0 atom stereocenters. The Morgan fingerprint density at radius 1 is 1.00 bits per heavy atom. The molecule has 0 aliphatic rings. The van der Waals surface area contributed by atoms with E-state index in [1.165, 1.54) is 30.5 Å². The third-order valence-corrected chi connectivity index (χ3v) is 3.78. The average molecular weight is 379 g/mol. The third kappa shape index (κ3) is 4.91. The highest BCUT2D eigenvalue weighted by Gasteiger charge is 2.08. The van der Waals surface area contributed by atoms with Crippen LogP contribution in [0.25, 0.3) is 0 Å². The fraction of sp³-hybridized carbons (Fsp3) is 0.0952. The van der Waals surface area contributed by atoms with Crippen LogP contribution in [0.2, 0.25) is 0 Å². The van der Waals surface area contributed by atoms with Crippen molar-refractivity contribution in [2.24, 2.45) is 0 Å². The highest BCUT2D eigenvalue weighted by molar-refractivity contribution is 6.04. The van der Waals surface area contributed by atoms with Crippen LogP contribution >= 0.6 is 0 Å². The molecular formula is C21H18FN3O3. The lowest BCUT2D eigenvalue weighted by molar-refractivity contribution is 0.0526. The van der Waals surface area contributed by atoms with Gasteiger partial charge in [-0.1, -0.05) is 6.07 Å². The summed E-state index contributed by atoms with van der Waals surface area (Å²) in [5, 5.41) is 5.76. The Kier molecular flexibility index (Phi) is 5.96. The number of nitrogens with zero attached hydrogens (tertiary/aromatic N) is 1. The number of hydrogen-bond donors (Lipinski definition) is 2. The van der Waals surface area contributed by atoms with E-state index in [1.807, 2.05) is 0 Å². The quantitative estimate of drug-likeness (QED) is 0.621. The minimum atomic E-state index is -0.473. The van der Waals surface area contributed by atoms with Crippen LogP contribution in [-0.2, 0) is 4.74 Å². The van der Waals surface area contributed by atoms with E-state index in [2.05, 4.69) is 15.6 Å². The summed E-state index contributed by atoms with van der Waals surface area (Å²) >= 11 is 0. The number of anilines is 3. The number of halogens is 1. The number of benzene rings is 2. The number of esters is 1. The molecule has 0 bridgehead atoms. The van der Waals surface area contributed by atoms with Crippen LogP contribution in [0.15, 0.2) is 66.9 Å². The Hall–Kier alpha value is -3.74. The molecular weight excluding hydrogens is 361 g/mol.